The van der Waals surface area contributed by atoms with Gasteiger partial charge in [-0.2, -0.15) is 0 Å². The number of halogens is 1. The molecule has 4 nitrogen and oxygen atoms in total. The largest absolute Gasteiger partial charge is 0.478 e. The van der Waals surface area contributed by atoms with Gasteiger partial charge in [-0.05, 0) is 36.3 Å². The van der Waals surface area contributed by atoms with E-state index < -0.39 is 5.97 Å². The van der Waals surface area contributed by atoms with E-state index in [0.29, 0.717) is 22.3 Å². The van der Waals surface area contributed by atoms with Crippen LogP contribution in [0.1, 0.15) is 37.0 Å². The van der Waals surface area contributed by atoms with Crippen molar-refractivity contribution >= 4 is 23.4 Å². The molecule has 2 N–H and O–H groups in total. The van der Waals surface area contributed by atoms with Gasteiger partial charge in [-0.3, -0.25) is 0 Å². The van der Waals surface area contributed by atoms with Crippen LogP contribution in [-0.2, 0) is 0 Å². The van der Waals surface area contributed by atoms with Crippen molar-refractivity contribution in [1.29, 1.82) is 0 Å². The Morgan fingerprint density at radius 1 is 1.56 bits per heavy atom. The molecule has 0 aliphatic heterocycles. The highest BCUT2D eigenvalue weighted by molar-refractivity contribution is 6.29. The normalized spacial score (nSPS) is 16.7. The van der Waals surface area contributed by atoms with Crippen LogP contribution in [0.4, 0.5) is 5.82 Å². The van der Waals surface area contributed by atoms with Gasteiger partial charge in [0.05, 0.1) is 0 Å². The van der Waals surface area contributed by atoms with Crippen LogP contribution in [0.25, 0.3) is 0 Å². The molecule has 1 aromatic heterocycles. The number of pyridine rings is 1. The first-order chi connectivity index (χ1) is 8.44. The topological polar surface area (TPSA) is 62.2 Å². The SMILES string of the molecule is CC(C)C1(CNc2nc(Cl)ccc2C(=O)O)CC1. The lowest BCUT2D eigenvalue weighted by atomic mass is 9.92. The molecule has 0 atom stereocenters. The minimum atomic E-state index is -0.990. The smallest absolute Gasteiger partial charge is 0.339 e. The van der Waals surface area contributed by atoms with E-state index in [1.807, 2.05) is 0 Å². The fourth-order valence-corrected chi connectivity index (χ4v) is 2.27. The number of aromatic nitrogens is 1. The Kier molecular flexibility index (Phi) is 3.48. The first-order valence-electron chi connectivity index (χ1n) is 6.08. The van der Waals surface area contributed by atoms with Gasteiger partial charge < -0.3 is 10.4 Å². The van der Waals surface area contributed by atoms with E-state index in [0.717, 1.165) is 6.54 Å². The quantitative estimate of drug-likeness (QED) is 0.805. The molecule has 1 fully saturated rings. The lowest BCUT2D eigenvalue weighted by molar-refractivity contribution is 0.0697. The van der Waals surface area contributed by atoms with Crippen LogP contribution in [0.3, 0.4) is 0 Å². The summed E-state index contributed by atoms with van der Waals surface area (Å²) in [6, 6.07) is 2.97. The fraction of sp³-hybridized carbons (Fsp3) is 0.538. The van der Waals surface area contributed by atoms with E-state index in [-0.39, 0.29) is 5.56 Å². The van der Waals surface area contributed by atoms with Gasteiger partial charge in [-0.25, -0.2) is 9.78 Å². The van der Waals surface area contributed by atoms with Crippen molar-refractivity contribution in [1.82, 2.24) is 4.98 Å². The highest BCUT2D eigenvalue weighted by Gasteiger charge is 2.45. The molecule has 0 unspecified atom stereocenters. The summed E-state index contributed by atoms with van der Waals surface area (Å²) in [5.41, 5.74) is 0.457. The van der Waals surface area contributed by atoms with Crippen LogP contribution >= 0.6 is 11.6 Å². The number of rotatable bonds is 5. The van der Waals surface area contributed by atoms with E-state index in [4.69, 9.17) is 16.7 Å². The van der Waals surface area contributed by atoms with Gasteiger partial charge in [0, 0.05) is 6.54 Å². The number of hydrogen-bond acceptors (Lipinski definition) is 3. The van der Waals surface area contributed by atoms with Crippen molar-refractivity contribution in [2.75, 3.05) is 11.9 Å². The standard InChI is InChI=1S/C13H17ClN2O2/c1-8(2)13(5-6-13)7-15-11-9(12(17)18)3-4-10(14)16-11/h3-4,8H,5-7H2,1-2H3,(H,15,16)(H,17,18). The fourth-order valence-electron chi connectivity index (χ4n) is 2.12. The maximum Gasteiger partial charge on any atom is 0.339 e. The molecule has 18 heavy (non-hydrogen) atoms. The summed E-state index contributed by atoms with van der Waals surface area (Å²) in [5, 5.41) is 12.5. The molecule has 0 bridgehead atoms. The zero-order valence-electron chi connectivity index (χ0n) is 10.5. The number of aromatic carboxylic acids is 1. The van der Waals surface area contributed by atoms with Gasteiger partial charge in [0.25, 0.3) is 0 Å². The Morgan fingerprint density at radius 3 is 2.72 bits per heavy atom. The van der Waals surface area contributed by atoms with Crippen LogP contribution in [0, 0.1) is 11.3 Å². The molecule has 0 saturated heterocycles. The molecular formula is C13H17ClN2O2. The molecule has 5 heteroatoms. The molecule has 1 aliphatic rings. The Hall–Kier alpha value is -1.29. The zero-order chi connectivity index (χ0) is 13.3. The number of nitrogens with zero attached hydrogens (tertiary/aromatic N) is 1. The Bertz CT molecular complexity index is 470. The van der Waals surface area contributed by atoms with Gasteiger partial charge in [0.2, 0.25) is 0 Å². The Labute approximate surface area is 111 Å². The predicted octanol–water partition coefficient (Wildman–Crippen LogP) is 3.28. The van der Waals surface area contributed by atoms with Crippen LogP contribution in [0.15, 0.2) is 12.1 Å². The van der Waals surface area contributed by atoms with Crippen molar-refractivity contribution < 1.29 is 9.90 Å². The van der Waals surface area contributed by atoms with Crippen molar-refractivity contribution in [3.63, 3.8) is 0 Å². The summed E-state index contributed by atoms with van der Waals surface area (Å²) < 4.78 is 0. The average molecular weight is 269 g/mol. The van der Waals surface area contributed by atoms with Crippen molar-refractivity contribution in [2.24, 2.45) is 11.3 Å². The van der Waals surface area contributed by atoms with E-state index >= 15 is 0 Å². The van der Waals surface area contributed by atoms with Crippen LogP contribution in [-0.4, -0.2) is 22.6 Å². The third-order valence-electron chi connectivity index (χ3n) is 3.82. The summed E-state index contributed by atoms with van der Waals surface area (Å²) in [4.78, 5) is 15.1. The molecule has 1 saturated carbocycles. The molecule has 0 amide bonds. The number of hydrogen-bond donors (Lipinski definition) is 2. The molecule has 0 spiro atoms. The summed E-state index contributed by atoms with van der Waals surface area (Å²) >= 11 is 5.81. The molecule has 1 aromatic rings. The van der Waals surface area contributed by atoms with Gasteiger partial charge in [0.1, 0.15) is 16.5 Å². The van der Waals surface area contributed by atoms with E-state index in [9.17, 15) is 4.79 Å². The van der Waals surface area contributed by atoms with Crippen molar-refractivity contribution in [3.05, 3.63) is 22.8 Å². The second kappa shape index (κ2) is 4.76. The first kappa shape index (κ1) is 13.1. The van der Waals surface area contributed by atoms with E-state index in [1.165, 1.54) is 25.0 Å². The van der Waals surface area contributed by atoms with Gasteiger partial charge >= 0.3 is 5.97 Å². The Balaban J connectivity index is 2.14. The minimum absolute atomic E-state index is 0.166. The molecule has 1 aliphatic carbocycles. The van der Waals surface area contributed by atoms with Crippen LogP contribution in [0.5, 0.6) is 0 Å². The molecule has 0 radical (unpaired) electrons. The lowest BCUT2D eigenvalue weighted by Gasteiger charge is -2.21. The van der Waals surface area contributed by atoms with Gasteiger partial charge in [0.15, 0.2) is 0 Å². The lowest BCUT2D eigenvalue weighted by Crippen LogP contribution is -2.22. The van der Waals surface area contributed by atoms with Crippen molar-refractivity contribution in [2.45, 2.75) is 26.7 Å². The highest BCUT2D eigenvalue weighted by atomic mass is 35.5. The average Bonchev–Trinajstić information content (AvgIpc) is 3.07. The summed E-state index contributed by atoms with van der Waals surface area (Å²) in [6.07, 6.45) is 2.36. The van der Waals surface area contributed by atoms with Gasteiger partial charge in [-0.15, -0.1) is 0 Å². The second-order valence-corrected chi connectivity index (χ2v) is 5.59. The maximum atomic E-state index is 11.1. The van der Waals surface area contributed by atoms with Gasteiger partial charge in [-0.1, -0.05) is 25.4 Å². The molecule has 2 rings (SSSR count). The third kappa shape index (κ3) is 2.58. The molecule has 0 aromatic carbocycles. The summed E-state index contributed by atoms with van der Waals surface area (Å²) in [6.45, 7) is 5.13. The van der Waals surface area contributed by atoms with E-state index in [1.54, 1.807) is 0 Å². The second-order valence-electron chi connectivity index (χ2n) is 5.21. The number of carboxylic acids is 1. The minimum Gasteiger partial charge on any atom is -0.478 e. The van der Waals surface area contributed by atoms with Crippen molar-refractivity contribution in [3.8, 4) is 0 Å². The van der Waals surface area contributed by atoms with Crippen LogP contribution < -0.4 is 5.32 Å². The zero-order valence-corrected chi connectivity index (χ0v) is 11.3. The first-order valence-corrected chi connectivity index (χ1v) is 6.46. The van der Waals surface area contributed by atoms with Crippen LogP contribution in [0.2, 0.25) is 5.15 Å². The third-order valence-corrected chi connectivity index (χ3v) is 4.03. The Morgan fingerprint density at radius 2 is 2.22 bits per heavy atom. The number of anilines is 1. The number of carboxylic acid groups (broad SMARTS) is 1. The molecular weight excluding hydrogens is 252 g/mol. The predicted molar refractivity (Wildman–Crippen MR) is 71.2 cm³/mol. The maximum absolute atomic E-state index is 11.1. The number of nitrogens with one attached hydrogen (secondary N) is 1. The summed E-state index contributed by atoms with van der Waals surface area (Å²) in [7, 11) is 0. The number of carbonyl (C=O) groups is 1. The summed E-state index contributed by atoms with van der Waals surface area (Å²) in [5.74, 6) is -0.0459. The molecule has 98 valence electrons. The monoisotopic (exact) mass is 268 g/mol. The van der Waals surface area contributed by atoms with E-state index in [2.05, 4.69) is 24.1 Å². The molecule has 1 heterocycles. The highest BCUT2D eigenvalue weighted by Crippen LogP contribution is 2.51.